The van der Waals surface area contributed by atoms with Crippen LogP contribution in [-0.2, 0) is 4.79 Å². The molecule has 1 aromatic rings. The Morgan fingerprint density at radius 2 is 2.11 bits per heavy atom. The van der Waals surface area contributed by atoms with Crippen LogP contribution in [0.2, 0.25) is 0 Å². The lowest BCUT2D eigenvalue weighted by atomic mass is 10.1. The molecule has 3 N–H and O–H groups in total. The first-order valence-corrected chi connectivity index (χ1v) is 6.73. The lowest BCUT2D eigenvalue weighted by Crippen LogP contribution is -2.36. The quantitative estimate of drug-likeness (QED) is 0.776. The molecular weight excluding hydrogens is 240 g/mol. The van der Waals surface area contributed by atoms with Gasteiger partial charge in [-0.05, 0) is 44.4 Å². The van der Waals surface area contributed by atoms with E-state index < -0.39 is 0 Å². The highest BCUT2D eigenvalue weighted by atomic mass is 16.5. The van der Waals surface area contributed by atoms with Gasteiger partial charge in [0.1, 0.15) is 5.75 Å². The predicted molar refractivity (Wildman–Crippen MR) is 78.3 cm³/mol. The van der Waals surface area contributed by atoms with Crippen molar-refractivity contribution in [3.05, 3.63) is 23.3 Å². The van der Waals surface area contributed by atoms with Crippen LogP contribution in [0.1, 0.15) is 37.8 Å². The van der Waals surface area contributed by atoms with Crippen molar-refractivity contribution in [2.75, 3.05) is 12.3 Å². The number of ether oxygens (including phenoxy) is 1. The van der Waals surface area contributed by atoms with Crippen LogP contribution in [0.4, 0.5) is 5.69 Å². The Morgan fingerprint density at radius 3 is 2.68 bits per heavy atom. The van der Waals surface area contributed by atoms with E-state index in [0.717, 1.165) is 24.0 Å². The first-order chi connectivity index (χ1) is 8.93. The van der Waals surface area contributed by atoms with Gasteiger partial charge in [0.15, 0.2) is 6.61 Å². The van der Waals surface area contributed by atoms with Crippen molar-refractivity contribution < 1.29 is 9.53 Å². The fourth-order valence-corrected chi connectivity index (χ4v) is 2.14. The maximum atomic E-state index is 11.7. The molecule has 0 spiro atoms. The van der Waals surface area contributed by atoms with E-state index in [1.807, 2.05) is 32.9 Å². The van der Waals surface area contributed by atoms with Crippen molar-refractivity contribution in [2.45, 2.75) is 46.6 Å². The van der Waals surface area contributed by atoms with Gasteiger partial charge < -0.3 is 15.8 Å². The van der Waals surface area contributed by atoms with Crippen molar-refractivity contribution in [3.8, 4) is 5.75 Å². The summed E-state index contributed by atoms with van der Waals surface area (Å²) in [5, 5.41) is 2.90. The molecule has 0 aliphatic heterocycles. The molecule has 0 radical (unpaired) electrons. The van der Waals surface area contributed by atoms with Crippen LogP contribution in [-0.4, -0.2) is 18.6 Å². The Morgan fingerprint density at radius 1 is 1.42 bits per heavy atom. The number of aryl methyl sites for hydroxylation is 2. The summed E-state index contributed by atoms with van der Waals surface area (Å²) in [4.78, 5) is 11.7. The summed E-state index contributed by atoms with van der Waals surface area (Å²) in [6.45, 7) is 7.99. The first-order valence-electron chi connectivity index (χ1n) is 6.73. The van der Waals surface area contributed by atoms with Gasteiger partial charge in [0.2, 0.25) is 0 Å². The van der Waals surface area contributed by atoms with Crippen molar-refractivity contribution in [1.29, 1.82) is 0 Å². The maximum absolute atomic E-state index is 11.7. The zero-order valence-corrected chi connectivity index (χ0v) is 12.2. The number of carbonyl (C=O) groups is 1. The average molecular weight is 264 g/mol. The summed E-state index contributed by atoms with van der Waals surface area (Å²) in [6.07, 6.45) is 2.02. The lowest BCUT2D eigenvalue weighted by molar-refractivity contribution is -0.123. The molecule has 0 aliphatic rings. The van der Waals surface area contributed by atoms with Crippen LogP contribution in [0, 0.1) is 13.8 Å². The van der Waals surface area contributed by atoms with E-state index >= 15 is 0 Å². The van der Waals surface area contributed by atoms with Gasteiger partial charge in [-0.15, -0.1) is 0 Å². The average Bonchev–Trinajstić information content (AvgIpc) is 2.27. The van der Waals surface area contributed by atoms with E-state index in [0.29, 0.717) is 11.4 Å². The van der Waals surface area contributed by atoms with Crippen LogP contribution in [0.25, 0.3) is 0 Å². The van der Waals surface area contributed by atoms with E-state index in [-0.39, 0.29) is 18.6 Å². The molecule has 106 valence electrons. The minimum absolute atomic E-state index is 0.00214. The van der Waals surface area contributed by atoms with Gasteiger partial charge in [-0.25, -0.2) is 0 Å². The van der Waals surface area contributed by atoms with E-state index in [2.05, 4.69) is 12.2 Å². The summed E-state index contributed by atoms with van der Waals surface area (Å²) in [5.74, 6) is 0.490. The summed E-state index contributed by atoms with van der Waals surface area (Å²) in [5.41, 5.74) is 8.51. The molecule has 1 rings (SSSR count). The number of benzene rings is 1. The molecule has 0 aliphatic carbocycles. The Bertz CT molecular complexity index is 421. The van der Waals surface area contributed by atoms with Gasteiger partial charge in [-0.2, -0.15) is 0 Å². The summed E-state index contributed by atoms with van der Waals surface area (Å²) >= 11 is 0. The number of rotatable bonds is 6. The number of carbonyl (C=O) groups excluding carboxylic acids is 1. The fourth-order valence-electron chi connectivity index (χ4n) is 2.14. The topological polar surface area (TPSA) is 64.3 Å². The molecule has 0 saturated heterocycles. The van der Waals surface area contributed by atoms with E-state index in [4.69, 9.17) is 10.5 Å². The second-order valence-corrected chi connectivity index (χ2v) is 5.05. The largest absolute Gasteiger partial charge is 0.481 e. The van der Waals surface area contributed by atoms with Crippen molar-refractivity contribution in [1.82, 2.24) is 5.32 Å². The monoisotopic (exact) mass is 264 g/mol. The van der Waals surface area contributed by atoms with Crippen LogP contribution in [0.3, 0.4) is 0 Å². The molecule has 1 amide bonds. The van der Waals surface area contributed by atoms with Crippen LogP contribution in [0.5, 0.6) is 5.75 Å². The van der Waals surface area contributed by atoms with Gasteiger partial charge in [-0.3, -0.25) is 4.79 Å². The third-order valence-corrected chi connectivity index (χ3v) is 2.92. The SMILES string of the molecule is CCCC(C)NC(=O)COc1c(C)cc(C)cc1N. The zero-order chi connectivity index (χ0) is 14.4. The molecule has 1 aromatic carbocycles. The second kappa shape index (κ2) is 7.02. The Kier molecular flexibility index (Phi) is 5.67. The van der Waals surface area contributed by atoms with Crippen molar-refractivity contribution in [2.24, 2.45) is 0 Å². The number of hydrogen-bond donors (Lipinski definition) is 2. The van der Waals surface area contributed by atoms with Gasteiger partial charge in [0.05, 0.1) is 5.69 Å². The van der Waals surface area contributed by atoms with E-state index in [1.54, 1.807) is 0 Å². The molecule has 0 saturated carbocycles. The van der Waals surface area contributed by atoms with E-state index in [1.165, 1.54) is 0 Å². The normalized spacial score (nSPS) is 12.0. The third kappa shape index (κ3) is 4.81. The summed E-state index contributed by atoms with van der Waals surface area (Å²) < 4.78 is 5.53. The smallest absolute Gasteiger partial charge is 0.258 e. The van der Waals surface area contributed by atoms with Crippen LogP contribution >= 0.6 is 0 Å². The van der Waals surface area contributed by atoms with Crippen molar-refractivity contribution in [3.63, 3.8) is 0 Å². The fraction of sp³-hybridized carbons (Fsp3) is 0.533. The number of nitrogens with one attached hydrogen (secondary N) is 1. The number of anilines is 1. The molecular formula is C15H24N2O2. The standard InChI is InChI=1S/C15H24N2O2/c1-5-6-12(4)17-14(18)9-19-15-11(3)7-10(2)8-13(15)16/h7-8,12H,5-6,9,16H2,1-4H3,(H,17,18). The second-order valence-electron chi connectivity index (χ2n) is 5.05. The van der Waals surface area contributed by atoms with Gasteiger partial charge in [0, 0.05) is 6.04 Å². The third-order valence-electron chi connectivity index (χ3n) is 2.92. The van der Waals surface area contributed by atoms with Crippen LogP contribution < -0.4 is 15.8 Å². The molecule has 19 heavy (non-hydrogen) atoms. The Hall–Kier alpha value is -1.71. The molecule has 4 nitrogen and oxygen atoms in total. The highest BCUT2D eigenvalue weighted by molar-refractivity contribution is 5.78. The molecule has 0 bridgehead atoms. The van der Waals surface area contributed by atoms with Crippen LogP contribution in [0.15, 0.2) is 12.1 Å². The molecule has 0 heterocycles. The number of hydrogen-bond acceptors (Lipinski definition) is 3. The van der Waals surface area contributed by atoms with Gasteiger partial charge in [0.25, 0.3) is 5.91 Å². The minimum atomic E-state index is -0.111. The molecule has 0 fully saturated rings. The summed E-state index contributed by atoms with van der Waals surface area (Å²) in [7, 11) is 0. The van der Waals surface area contributed by atoms with Crippen molar-refractivity contribution >= 4 is 11.6 Å². The van der Waals surface area contributed by atoms with Gasteiger partial charge >= 0.3 is 0 Å². The highest BCUT2D eigenvalue weighted by Crippen LogP contribution is 2.27. The zero-order valence-electron chi connectivity index (χ0n) is 12.2. The molecule has 0 aromatic heterocycles. The molecule has 4 heteroatoms. The molecule has 1 unspecified atom stereocenters. The number of nitrogen functional groups attached to an aromatic ring is 1. The Labute approximate surface area is 115 Å². The first kappa shape index (κ1) is 15.3. The number of amides is 1. The Balaban J connectivity index is 2.55. The highest BCUT2D eigenvalue weighted by Gasteiger charge is 2.10. The molecule has 1 atom stereocenters. The number of nitrogens with two attached hydrogens (primary N) is 1. The predicted octanol–water partition coefficient (Wildman–Crippen LogP) is 2.57. The van der Waals surface area contributed by atoms with E-state index in [9.17, 15) is 4.79 Å². The lowest BCUT2D eigenvalue weighted by Gasteiger charge is -2.15. The minimum Gasteiger partial charge on any atom is -0.481 e. The van der Waals surface area contributed by atoms with Gasteiger partial charge in [-0.1, -0.05) is 19.4 Å². The maximum Gasteiger partial charge on any atom is 0.258 e. The summed E-state index contributed by atoms with van der Waals surface area (Å²) in [6, 6.07) is 4.01.